The van der Waals surface area contributed by atoms with Gasteiger partial charge in [0, 0.05) is 25.7 Å². The molecule has 1 aliphatic heterocycles. The average Bonchev–Trinajstić information content (AvgIpc) is 2.61. The number of nitrogens with one attached hydrogen (secondary N) is 1. The van der Waals surface area contributed by atoms with Crippen molar-refractivity contribution in [1.82, 2.24) is 10.4 Å². The number of rotatable bonds is 4. The Morgan fingerprint density at radius 1 is 1.19 bits per heavy atom. The molecule has 7 heteroatoms. The number of benzene rings is 2. The van der Waals surface area contributed by atoms with Crippen molar-refractivity contribution in [1.29, 1.82) is 0 Å². The third kappa shape index (κ3) is 4.64. The summed E-state index contributed by atoms with van der Waals surface area (Å²) in [6.07, 6.45) is 0.852. The highest BCUT2D eigenvalue weighted by molar-refractivity contribution is 5.66. The Morgan fingerprint density at radius 3 is 2.65 bits per heavy atom. The van der Waals surface area contributed by atoms with Gasteiger partial charge in [0.1, 0.15) is 17.3 Å². The van der Waals surface area contributed by atoms with Gasteiger partial charge in [0.15, 0.2) is 0 Å². The summed E-state index contributed by atoms with van der Waals surface area (Å²) in [7, 11) is 0. The highest BCUT2D eigenvalue weighted by atomic mass is 19.1. The third-order valence-corrected chi connectivity index (χ3v) is 4.45. The Bertz CT molecular complexity index is 776. The van der Waals surface area contributed by atoms with Crippen LogP contribution in [0.5, 0.6) is 11.5 Å². The summed E-state index contributed by atoms with van der Waals surface area (Å²) in [5.74, 6) is -0.0952. The van der Waals surface area contributed by atoms with Gasteiger partial charge >= 0.3 is 6.09 Å². The third-order valence-electron chi connectivity index (χ3n) is 4.45. The molecule has 2 aromatic carbocycles. The van der Waals surface area contributed by atoms with Crippen LogP contribution in [0.2, 0.25) is 0 Å². The zero-order valence-electron chi connectivity index (χ0n) is 14.2. The quantitative estimate of drug-likeness (QED) is 0.780. The molecule has 0 aromatic heterocycles. The number of piperidine rings is 1. The molecule has 0 saturated carbocycles. The van der Waals surface area contributed by atoms with Crippen LogP contribution in [0.15, 0.2) is 42.5 Å². The molecule has 1 fully saturated rings. The minimum atomic E-state index is -0.583. The zero-order valence-corrected chi connectivity index (χ0v) is 14.2. The maximum Gasteiger partial charge on any atom is 0.426 e. The van der Waals surface area contributed by atoms with Crippen LogP contribution >= 0.6 is 0 Å². The predicted octanol–water partition coefficient (Wildman–Crippen LogP) is 3.26. The fourth-order valence-electron chi connectivity index (χ4n) is 3.11. The van der Waals surface area contributed by atoms with Gasteiger partial charge in [-0.15, -0.1) is 5.06 Å². The van der Waals surface area contributed by atoms with E-state index in [2.05, 4.69) is 5.32 Å². The predicted molar refractivity (Wildman–Crippen MR) is 93.0 cm³/mol. The summed E-state index contributed by atoms with van der Waals surface area (Å²) in [6.45, 7) is 1.27. The van der Waals surface area contributed by atoms with Crippen LogP contribution in [0.1, 0.15) is 29.9 Å². The second-order valence-electron chi connectivity index (χ2n) is 6.31. The van der Waals surface area contributed by atoms with E-state index in [-0.39, 0.29) is 29.8 Å². The van der Waals surface area contributed by atoms with Crippen molar-refractivity contribution in [3.05, 3.63) is 59.4 Å². The van der Waals surface area contributed by atoms with E-state index in [4.69, 9.17) is 4.84 Å². The lowest BCUT2D eigenvalue weighted by Gasteiger charge is -2.30. The summed E-state index contributed by atoms with van der Waals surface area (Å²) in [5.41, 5.74) is 1.45. The smallest absolute Gasteiger partial charge is 0.426 e. The first-order valence-electron chi connectivity index (χ1n) is 8.48. The van der Waals surface area contributed by atoms with Crippen LogP contribution in [-0.4, -0.2) is 34.5 Å². The van der Waals surface area contributed by atoms with Gasteiger partial charge in [-0.3, -0.25) is 0 Å². The fraction of sp³-hybridized carbons (Fsp3) is 0.316. The second-order valence-corrected chi connectivity index (χ2v) is 6.31. The van der Waals surface area contributed by atoms with E-state index in [1.807, 2.05) is 0 Å². The van der Waals surface area contributed by atoms with Crippen molar-refractivity contribution in [2.24, 2.45) is 0 Å². The minimum Gasteiger partial charge on any atom is -0.508 e. The summed E-state index contributed by atoms with van der Waals surface area (Å²) in [5, 5.41) is 23.5. The number of phenols is 2. The maximum absolute atomic E-state index is 13.1. The first-order valence-corrected chi connectivity index (χ1v) is 8.48. The summed E-state index contributed by atoms with van der Waals surface area (Å²) in [6, 6.07) is 10.6. The topological polar surface area (TPSA) is 82.0 Å². The van der Waals surface area contributed by atoms with Crippen molar-refractivity contribution in [2.75, 3.05) is 13.1 Å². The van der Waals surface area contributed by atoms with Crippen molar-refractivity contribution >= 4 is 6.09 Å². The van der Waals surface area contributed by atoms with Gasteiger partial charge in [0.2, 0.25) is 0 Å². The van der Waals surface area contributed by atoms with Crippen LogP contribution in [0, 0.1) is 5.82 Å². The van der Waals surface area contributed by atoms with Gasteiger partial charge in [-0.25, -0.2) is 9.18 Å². The number of aromatic hydroxyl groups is 2. The van der Waals surface area contributed by atoms with Gasteiger partial charge in [0.05, 0.1) is 0 Å². The monoisotopic (exact) mass is 360 g/mol. The van der Waals surface area contributed by atoms with E-state index in [0.29, 0.717) is 18.7 Å². The first kappa shape index (κ1) is 18.0. The Morgan fingerprint density at radius 2 is 1.96 bits per heavy atom. The van der Waals surface area contributed by atoms with Crippen molar-refractivity contribution in [3.63, 3.8) is 0 Å². The van der Waals surface area contributed by atoms with Gasteiger partial charge in [0.25, 0.3) is 0 Å². The number of amides is 1. The van der Waals surface area contributed by atoms with Gasteiger partial charge in [-0.2, -0.15) is 0 Å². The lowest BCUT2D eigenvalue weighted by Crippen LogP contribution is -2.38. The van der Waals surface area contributed by atoms with Gasteiger partial charge in [-0.1, -0.05) is 18.2 Å². The van der Waals surface area contributed by atoms with Gasteiger partial charge < -0.3 is 20.4 Å². The highest BCUT2D eigenvalue weighted by Crippen LogP contribution is 2.35. The SMILES string of the molecule is O=C(NCc1cccc(F)c1)ON1CCC(c2ccc(O)cc2O)CC1. The Hall–Kier alpha value is -2.80. The standard InChI is InChI=1S/C19H21FN2O4/c20-15-3-1-2-13(10-15)12-21-19(25)26-22-8-6-14(7-9-22)17-5-4-16(23)11-18(17)24/h1-5,10-11,14,23-24H,6-9,12H2,(H,21,25). The number of phenolic OH excluding ortho intramolecular Hbond substituents is 2. The van der Waals surface area contributed by atoms with Crippen molar-refractivity contribution in [3.8, 4) is 11.5 Å². The number of hydrogen-bond donors (Lipinski definition) is 3. The molecule has 0 radical (unpaired) electrons. The largest absolute Gasteiger partial charge is 0.508 e. The number of carbonyl (C=O) groups excluding carboxylic acids is 1. The zero-order chi connectivity index (χ0) is 18.5. The number of hydroxylamine groups is 2. The number of halogens is 1. The van der Waals surface area contributed by atoms with E-state index in [1.54, 1.807) is 29.3 Å². The molecule has 0 aliphatic carbocycles. The van der Waals surface area contributed by atoms with Crippen LogP contribution in [0.4, 0.5) is 9.18 Å². The van der Waals surface area contributed by atoms with E-state index in [1.165, 1.54) is 18.2 Å². The van der Waals surface area contributed by atoms with Crippen molar-refractivity contribution < 1.29 is 24.2 Å². The molecule has 0 bridgehead atoms. The molecule has 1 amide bonds. The molecule has 3 rings (SSSR count). The highest BCUT2D eigenvalue weighted by Gasteiger charge is 2.25. The lowest BCUT2D eigenvalue weighted by molar-refractivity contribution is -0.113. The average molecular weight is 360 g/mol. The molecule has 138 valence electrons. The molecular formula is C19H21FN2O4. The molecule has 3 N–H and O–H groups in total. The van der Waals surface area contributed by atoms with E-state index in [0.717, 1.165) is 18.4 Å². The van der Waals surface area contributed by atoms with Crippen LogP contribution in [0.3, 0.4) is 0 Å². The molecular weight excluding hydrogens is 339 g/mol. The Balaban J connectivity index is 1.45. The lowest BCUT2D eigenvalue weighted by atomic mass is 9.89. The molecule has 0 atom stereocenters. The van der Waals surface area contributed by atoms with Gasteiger partial charge in [-0.05, 0) is 48.1 Å². The molecule has 1 saturated heterocycles. The summed E-state index contributed by atoms with van der Waals surface area (Å²) >= 11 is 0. The minimum absolute atomic E-state index is 0.0296. The summed E-state index contributed by atoms with van der Waals surface area (Å²) in [4.78, 5) is 17.1. The number of hydrogen-bond acceptors (Lipinski definition) is 5. The summed E-state index contributed by atoms with van der Waals surface area (Å²) < 4.78 is 13.1. The molecule has 1 aliphatic rings. The fourth-order valence-corrected chi connectivity index (χ4v) is 3.11. The van der Waals surface area contributed by atoms with E-state index >= 15 is 0 Å². The van der Waals surface area contributed by atoms with Crippen molar-refractivity contribution in [2.45, 2.75) is 25.3 Å². The van der Waals surface area contributed by atoms with Crippen LogP contribution in [0.25, 0.3) is 0 Å². The van der Waals surface area contributed by atoms with E-state index < -0.39 is 6.09 Å². The van der Waals surface area contributed by atoms with E-state index in [9.17, 15) is 19.4 Å². The molecule has 0 spiro atoms. The van der Waals surface area contributed by atoms with Crippen LogP contribution < -0.4 is 5.32 Å². The molecule has 26 heavy (non-hydrogen) atoms. The molecule has 0 unspecified atom stereocenters. The maximum atomic E-state index is 13.1. The Labute approximate surface area is 150 Å². The number of carbonyl (C=O) groups is 1. The first-order chi connectivity index (χ1) is 12.5. The normalized spacial score (nSPS) is 15.6. The Kier molecular flexibility index (Phi) is 5.58. The second kappa shape index (κ2) is 8.05. The molecule has 2 aromatic rings. The number of nitrogens with zero attached hydrogens (tertiary/aromatic N) is 1. The molecule has 1 heterocycles. The van der Waals surface area contributed by atoms with Crippen LogP contribution in [-0.2, 0) is 11.4 Å². The molecule has 6 nitrogen and oxygen atoms in total.